The summed E-state index contributed by atoms with van der Waals surface area (Å²) in [6, 6.07) is 0. The quantitative estimate of drug-likeness (QED) is 0.596. The monoisotopic (exact) mass is 354 g/mol. The number of ether oxygens (including phenoxy) is 1. The molecule has 16 heavy (non-hydrogen) atoms. The van der Waals surface area contributed by atoms with Crippen LogP contribution in [0.15, 0.2) is 6.20 Å². The minimum absolute atomic E-state index is 0.400. The minimum atomic E-state index is -0.400. The van der Waals surface area contributed by atoms with Crippen LogP contribution in [0, 0.1) is 3.57 Å². The molecule has 0 spiro atoms. The summed E-state index contributed by atoms with van der Waals surface area (Å²) in [4.78, 5) is 8.67. The molecule has 0 unspecified atom stereocenters. The Hall–Kier alpha value is 0.0600. The summed E-state index contributed by atoms with van der Waals surface area (Å²) in [5.74, 6) is 0.685. The van der Waals surface area contributed by atoms with Crippen molar-refractivity contribution in [3.8, 4) is 0 Å². The molecule has 1 heterocycles. The van der Waals surface area contributed by atoms with Crippen LogP contribution in [0.5, 0.6) is 0 Å². The highest BCUT2D eigenvalue weighted by Gasteiger charge is 2.32. The molecule has 1 rings (SSSR count). The zero-order valence-electron chi connectivity index (χ0n) is 9.76. The van der Waals surface area contributed by atoms with Crippen LogP contribution >= 0.6 is 34.2 Å². The van der Waals surface area contributed by atoms with Gasteiger partial charge in [-0.25, -0.2) is 9.97 Å². The number of halogens is 2. The molecule has 0 N–H and O–H groups in total. The normalized spacial score (nSPS) is 11.8. The molecule has 3 nitrogen and oxygen atoms in total. The van der Waals surface area contributed by atoms with E-state index in [-0.39, 0.29) is 0 Å². The molecule has 0 aromatic carbocycles. The van der Waals surface area contributed by atoms with Crippen molar-refractivity contribution in [2.45, 2.75) is 39.2 Å². The van der Waals surface area contributed by atoms with E-state index in [1.54, 1.807) is 6.20 Å². The summed E-state index contributed by atoms with van der Waals surface area (Å²) in [6.45, 7) is 6.78. The topological polar surface area (TPSA) is 35.0 Å². The van der Waals surface area contributed by atoms with Gasteiger partial charge in [0.15, 0.2) is 5.82 Å². The molecular weight excluding hydrogens is 338 g/mol. The van der Waals surface area contributed by atoms with Crippen molar-refractivity contribution in [3.63, 3.8) is 0 Å². The number of nitrogens with zero attached hydrogens (tertiary/aromatic N) is 2. The first-order chi connectivity index (χ1) is 7.59. The van der Waals surface area contributed by atoms with Crippen molar-refractivity contribution < 1.29 is 4.74 Å². The van der Waals surface area contributed by atoms with Crippen LogP contribution in [-0.4, -0.2) is 16.6 Å². The van der Waals surface area contributed by atoms with Gasteiger partial charge in [-0.3, -0.25) is 0 Å². The van der Waals surface area contributed by atoms with Crippen LogP contribution in [0.4, 0.5) is 0 Å². The highest BCUT2D eigenvalue weighted by molar-refractivity contribution is 14.1. The highest BCUT2D eigenvalue weighted by atomic mass is 127. The molecule has 0 radical (unpaired) electrons. The first-order valence-electron chi connectivity index (χ1n) is 5.42. The van der Waals surface area contributed by atoms with Crippen molar-refractivity contribution in [2.24, 2.45) is 0 Å². The van der Waals surface area contributed by atoms with Gasteiger partial charge in [0.1, 0.15) is 10.8 Å². The number of rotatable bonds is 5. The molecular formula is C11H16ClIN2O. The summed E-state index contributed by atoms with van der Waals surface area (Å²) >= 11 is 8.14. The summed E-state index contributed by atoms with van der Waals surface area (Å²) in [5, 5.41) is 0.497. The van der Waals surface area contributed by atoms with E-state index in [4.69, 9.17) is 16.3 Å². The Morgan fingerprint density at radius 3 is 2.44 bits per heavy atom. The van der Waals surface area contributed by atoms with Crippen LogP contribution in [-0.2, 0) is 10.3 Å². The fourth-order valence-corrected chi connectivity index (χ4v) is 2.07. The second-order valence-electron chi connectivity index (χ2n) is 3.47. The summed E-state index contributed by atoms with van der Waals surface area (Å²) < 4.78 is 6.68. The molecule has 0 saturated carbocycles. The maximum atomic E-state index is 6.02. The Bertz CT molecular complexity index is 356. The molecule has 1 aromatic heterocycles. The van der Waals surface area contributed by atoms with Crippen molar-refractivity contribution in [1.82, 2.24) is 9.97 Å². The molecule has 90 valence electrons. The predicted octanol–water partition coefficient (Wildman–Crippen LogP) is 3.79. The Kier molecular flexibility index (Phi) is 5.40. The van der Waals surface area contributed by atoms with Gasteiger partial charge in [0, 0.05) is 12.8 Å². The van der Waals surface area contributed by atoms with Crippen molar-refractivity contribution in [2.75, 3.05) is 6.61 Å². The molecule has 0 atom stereocenters. The lowest BCUT2D eigenvalue weighted by Gasteiger charge is -2.29. The fraction of sp³-hybridized carbons (Fsp3) is 0.636. The van der Waals surface area contributed by atoms with Gasteiger partial charge >= 0.3 is 0 Å². The molecule has 1 aromatic rings. The SMILES string of the molecule is CCOC(CC)(CC)c1ncc(I)c(Cl)n1. The van der Waals surface area contributed by atoms with Gasteiger partial charge in [0.25, 0.3) is 0 Å². The lowest BCUT2D eigenvalue weighted by atomic mass is 9.96. The van der Waals surface area contributed by atoms with E-state index in [9.17, 15) is 0 Å². The van der Waals surface area contributed by atoms with Gasteiger partial charge in [-0.2, -0.15) is 0 Å². The lowest BCUT2D eigenvalue weighted by Crippen LogP contribution is -2.31. The van der Waals surface area contributed by atoms with E-state index in [1.807, 2.05) is 6.92 Å². The van der Waals surface area contributed by atoms with Crippen molar-refractivity contribution in [3.05, 3.63) is 20.7 Å². The van der Waals surface area contributed by atoms with E-state index in [0.717, 1.165) is 16.4 Å². The van der Waals surface area contributed by atoms with E-state index < -0.39 is 5.60 Å². The van der Waals surface area contributed by atoms with Gasteiger partial charge in [-0.1, -0.05) is 25.4 Å². The van der Waals surface area contributed by atoms with Crippen LogP contribution in [0.25, 0.3) is 0 Å². The molecule has 0 aliphatic heterocycles. The van der Waals surface area contributed by atoms with E-state index in [1.165, 1.54) is 0 Å². The molecule has 0 aliphatic rings. The van der Waals surface area contributed by atoms with E-state index >= 15 is 0 Å². The van der Waals surface area contributed by atoms with Crippen LogP contribution < -0.4 is 0 Å². The first kappa shape index (κ1) is 14.1. The van der Waals surface area contributed by atoms with Gasteiger partial charge in [0.2, 0.25) is 0 Å². The summed E-state index contributed by atoms with van der Waals surface area (Å²) in [7, 11) is 0. The van der Waals surface area contributed by atoms with Gasteiger partial charge in [-0.05, 0) is 42.4 Å². The van der Waals surface area contributed by atoms with Crippen molar-refractivity contribution >= 4 is 34.2 Å². The van der Waals surface area contributed by atoms with Gasteiger partial charge in [-0.15, -0.1) is 0 Å². The third-order valence-electron chi connectivity index (χ3n) is 2.67. The smallest absolute Gasteiger partial charge is 0.161 e. The Balaban J connectivity index is 3.14. The average molecular weight is 355 g/mol. The summed E-state index contributed by atoms with van der Waals surface area (Å²) in [5.41, 5.74) is -0.400. The third-order valence-corrected chi connectivity index (χ3v) is 4.07. The Morgan fingerprint density at radius 2 is 2.00 bits per heavy atom. The van der Waals surface area contributed by atoms with Crippen LogP contribution in [0.3, 0.4) is 0 Å². The number of hydrogen-bond acceptors (Lipinski definition) is 3. The van der Waals surface area contributed by atoms with Crippen molar-refractivity contribution in [1.29, 1.82) is 0 Å². The predicted molar refractivity (Wildman–Crippen MR) is 73.6 cm³/mol. The lowest BCUT2D eigenvalue weighted by molar-refractivity contribution is -0.0571. The molecule has 5 heteroatoms. The molecule has 0 amide bonds. The average Bonchev–Trinajstić information content (AvgIpc) is 2.30. The molecule has 0 saturated heterocycles. The number of hydrogen-bond donors (Lipinski definition) is 0. The fourth-order valence-electron chi connectivity index (χ4n) is 1.68. The Labute approximate surface area is 115 Å². The third kappa shape index (κ3) is 2.84. The van der Waals surface area contributed by atoms with E-state index in [2.05, 4.69) is 46.4 Å². The van der Waals surface area contributed by atoms with Gasteiger partial charge < -0.3 is 4.74 Å². The molecule has 0 bridgehead atoms. The second kappa shape index (κ2) is 6.12. The second-order valence-corrected chi connectivity index (χ2v) is 4.99. The molecule has 0 fully saturated rings. The van der Waals surface area contributed by atoms with Gasteiger partial charge in [0.05, 0.1) is 3.57 Å². The summed E-state index contributed by atoms with van der Waals surface area (Å²) in [6.07, 6.45) is 3.42. The maximum absolute atomic E-state index is 6.02. The minimum Gasteiger partial charge on any atom is -0.367 e. The highest BCUT2D eigenvalue weighted by Crippen LogP contribution is 2.31. The van der Waals surface area contributed by atoms with Crippen LogP contribution in [0.1, 0.15) is 39.4 Å². The van der Waals surface area contributed by atoms with E-state index in [0.29, 0.717) is 17.6 Å². The molecule has 0 aliphatic carbocycles. The first-order valence-corrected chi connectivity index (χ1v) is 6.87. The zero-order chi connectivity index (χ0) is 12.2. The largest absolute Gasteiger partial charge is 0.367 e. The number of aromatic nitrogens is 2. The Morgan fingerprint density at radius 1 is 1.38 bits per heavy atom. The maximum Gasteiger partial charge on any atom is 0.161 e. The zero-order valence-corrected chi connectivity index (χ0v) is 12.7. The standard InChI is InChI=1S/C11H16ClIN2O/c1-4-11(5-2,16-6-3)10-14-7-8(13)9(12)15-10/h7H,4-6H2,1-3H3. The van der Waals surface area contributed by atoms with Crippen LogP contribution in [0.2, 0.25) is 5.15 Å².